The summed E-state index contributed by atoms with van der Waals surface area (Å²) >= 11 is 1.24. The SMILES string of the molecule is CCCCC1=Cc2ccccc2[CH]1[Fe][CH]1C(CCCC)=Cc2ccccc21. The summed E-state index contributed by atoms with van der Waals surface area (Å²) in [5, 5.41) is 0. The molecule has 0 aliphatic heterocycles. The van der Waals surface area contributed by atoms with Crippen LogP contribution in [0.25, 0.3) is 12.2 Å². The van der Waals surface area contributed by atoms with Crippen molar-refractivity contribution in [1.29, 1.82) is 0 Å². The zero-order valence-corrected chi connectivity index (χ0v) is 17.6. The number of unbranched alkanes of at least 4 members (excludes halogenated alkanes) is 2. The molecule has 4 rings (SSSR count). The minimum atomic E-state index is 0.592. The minimum absolute atomic E-state index is 0.592. The average Bonchev–Trinajstić information content (AvgIpc) is 3.23. The van der Waals surface area contributed by atoms with E-state index in [0.29, 0.717) is 9.63 Å². The molecule has 0 heterocycles. The summed E-state index contributed by atoms with van der Waals surface area (Å²) in [6.07, 6.45) is 12.6. The molecule has 2 aliphatic carbocycles. The number of rotatable bonds is 8. The Kier molecular flexibility index (Phi) is 6.01. The van der Waals surface area contributed by atoms with Crippen LogP contribution in [0.2, 0.25) is 0 Å². The molecule has 0 fully saturated rings. The summed E-state index contributed by atoms with van der Waals surface area (Å²) < 4.78 is 0. The van der Waals surface area contributed by atoms with Gasteiger partial charge in [-0.3, -0.25) is 0 Å². The van der Waals surface area contributed by atoms with Crippen LogP contribution in [0.4, 0.5) is 0 Å². The average molecular weight is 398 g/mol. The molecule has 0 saturated heterocycles. The van der Waals surface area contributed by atoms with Crippen molar-refractivity contribution < 1.29 is 15.0 Å². The van der Waals surface area contributed by atoms with Gasteiger partial charge in [-0.05, 0) is 0 Å². The maximum atomic E-state index is 2.49. The van der Waals surface area contributed by atoms with Gasteiger partial charge in [0, 0.05) is 0 Å². The van der Waals surface area contributed by atoms with Crippen molar-refractivity contribution in [3.05, 3.63) is 81.9 Å². The molecule has 2 atom stereocenters. The van der Waals surface area contributed by atoms with Crippen LogP contribution in [0.15, 0.2) is 59.7 Å². The second-order valence-corrected chi connectivity index (χ2v) is 9.36. The van der Waals surface area contributed by atoms with Gasteiger partial charge in [-0.25, -0.2) is 0 Å². The number of hydrogen-bond donors (Lipinski definition) is 0. The fraction of sp³-hybridized carbons (Fsp3) is 0.385. The summed E-state index contributed by atoms with van der Waals surface area (Å²) in [4.78, 5) is 1.18. The van der Waals surface area contributed by atoms with Crippen molar-refractivity contribution >= 4 is 12.2 Å². The molecule has 1 heteroatoms. The van der Waals surface area contributed by atoms with Crippen LogP contribution < -0.4 is 0 Å². The number of hydrogen-bond acceptors (Lipinski definition) is 0. The van der Waals surface area contributed by atoms with Gasteiger partial charge in [-0.2, -0.15) is 0 Å². The Morgan fingerprint density at radius 1 is 0.667 bits per heavy atom. The molecule has 0 bridgehead atoms. The fourth-order valence-electron chi connectivity index (χ4n) is 4.22. The molecule has 0 radical (unpaired) electrons. The van der Waals surface area contributed by atoms with Gasteiger partial charge in [0.2, 0.25) is 0 Å². The first-order chi connectivity index (χ1) is 13.3. The first kappa shape index (κ1) is 18.8. The van der Waals surface area contributed by atoms with E-state index in [1.54, 1.807) is 22.3 Å². The van der Waals surface area contributed by atoms with Gasteiger partial charge in [0.25, 0.3) is 0 Å². The molecular weight excluding hydrogens is 368 g/mol. The Labute approximate surface area is 170 Å². The van der Waals surface area contributed by atoms with Crippen molar-refractivity contribution in [3.63, 3.8) is 0 Å². The molecule has 2 aromatic carbocycles. The third kappa shape index (κ3) is 3.86. The summed E-state index contributed by atoms with van der Waals surface area (Å²) in [7, 11) is 0. The Hall–Kier alpha value is -1.56. The molecule has 27 heavy (non-hydrogen) atoms. The number of allylic oxidation sites excluding steroid dienone is 2. The Balaban J connectivity index is 1.64. The fourth-order valence-corrected chi connectivity index (χ4v) is 6.54. The van der Waals surface area contributed by atoms with E-state index in [1.807, 2.05) is 0 Å². The van der Waals surface area contributed by atoms with Gasteiger partial charge in [0.1, 0.15) is 0 Å². The van der Waals surface area contributed by atoms with Crippen molar-refractivity contribution in [3.8, 4) is 0 Å². The summed E-state index contributed by atoms with van der Waals surface area (Å²) in [5.74, 6) is 0. The van der Waals surface area contributed by atoms with Gasteiger partial charge in [0.15, 0.2) is 0 Å². The molecule has 2 aliphatic rings. The summed E-state index contributed by atoms with van der Waals surface area (Å²) in [6, 6.07) is 18.2. The Bertz CT molecular complexity index is 787. The van der Waals surface area contributed by atoms with Gasteiger partial charge < -0.3 is 0 Å². The molecule has 0 aromatic heterocycles. The number of benzene rings is 2. The quantitative estimate of drug-likeness (QED) is 0.399. The molecule has 2 aromatic rings. The molecule has 0 nitrogen and oxygen atoms in total. The van der Waals surface area contributed by atoms with E-state index >= 15 is 0 Å². The van der Waals surface area contributed by atoms with Crippen LogP contribution in [0.3, 0.4) is 0 Å². The van der Waals surface area contributed by atoms with E-state index in [9.17, 15) is 0 Å². The maximum absolute atomic E-state index is 2.49. The molecule has 0 amide bonds. The van der Waals surface area contributed by atoms with Crippen LogP contribution in [0.1, 0.15) is 84.3 Å². The third-order valence-corrected chi connectivity index (χ3v) is 7.95. The molecule has 2 unspecified atom stereocenters. The van der Waals surface area contributed by atoms with Crippen molar-refractivity contribution in [2.75, 3.05) is 0 Å². The standard InChI is InChI=1S/2C13H15.Fe/c2*1-2-3-6-11-9-12-7-4-5-8-13(12)10-11;/h2*4-5,7-10H,2-3,6H2,1H3;. The molecule has 0 saturated carbocycles. The van der Waals surface area contributed by atoms with Crippen LogP contribution in [-0.2, 0) is 15.0 Å². The van der Waals surface area contributed by atoms with E-state index < -0.39 is 0 Å². The molecule has 142 valence electrons. The van der Waals surface area contributed by atoms with E-state index in [4.69, 9.17) is 0 Å². The summed E-state index contributed by atoms with van der Waals surface area (Å²) in [5.41, 5.74) is 9.36. The predicted octanol–water partition coefficient (Wildman–Crippen LogP) is 7.73. The normalized spacial score (nSPS) is 20.4. The van der Waals surface area contributed by atoms with E-state index in [1.165, 1.54) is 64.6 Å². The monoisotopic (exact) mass is 398 g/mol. The van der Waals surface area contributed by atoms with Gasteiger partial charge in [0.05, 0.1) is 0 Å². The third-order valence-electron chi connectivity index (χ3n) is 5.71. The molecular formula is C26H30Fe. The second kappa shape index (κ2) is 8.63. The first-order valence-electron chi connectivity index (χ1n) is 10.5. The molecule has 0 spiro atoms. The second-order valence-electron chi connectivity index (χ2n) is 7.72. The topological polar surface area (TPSA) is 0 Å². The zero-order chi connectivity index (χ0) is 18.6. The summed E-state index contributed by atoms with van der Waals surface area (Å²) in [6.45, 7) is 4.60. The van der Waals surface area contributed by atoms with Gasteiger partial charge in [-0.1, -0.05) is 0 Å². The Morgan fingerprint density at radius 2 is 1.11 bits per heavy atom. The van der Waals surface area contributed by atoms with Crippen LogP contribution in [0.5, 0.6) is 0 Å². The Morgan fingerprint density at radius 3 is 1.56 bits per heavy atom. The van der Waals surface area contributed by atoms with E-state index in [2.05, 4.69) is 74.5 Å². The van der Waals surface area contributed by atoms with Crippen LogP contribution >= 0.6 is 0 Å². The molecule has 0 N–H and O–H groups in total. The van der Waals surface area contributed by atoms with Crippen LogP contribution in [0, 0.1) is 0 Å². The predicted molar refractivity (Wildman–Crippen MR) is 113 cm³/mol. The van der Waals surface area contributed by atoms with E-state index in [-0.39, 0.29) is 0 Å². The van der Waals surface area contributed by atoms with Gasteiger partial charge in [-0.15, -0.1) is 0 Å². The number of fused-ring (bicyclic) bond motifs is 2. The van der Waals surface area contributed by atoms with Gasteiger partial charge >= 0.3 is 171 Å². The van der Waals surface area contributed by atoms with Crippen LogP contribution in [-0.4, -0.2) is 0 Å². The van der Waals surface area contributed by atoms with Crippen molar-refractivity contribution in [2.24, 2.45) is 0 Å². The zero-order valence-electron chi connectivity index (χ0n) is 16.5. The van der Waals surface area contributed by atoms with E-state index in [0.717, 1.165) is 0 Å². The van der Waals surface area contributed by atoms with Crippen molar-refractivity contribution in [1.82, 2.24) is 0 Å². The van der Waals surface area contributed by atoms with Crippen molar-refractivity contribution in [2.45, 2.75) is 62.0 Å². The first-order valence-corrected chi connectivity index (χ1v) is 11.8.